The molecule has 1 unspecified atom stereocenters. The monoisotopic (exact) mass is 389 g/mol. The minimum Gasteiger partial charge on any atom is -0.484 e. The maximum Gasteiger partial charge on any atom is 0.409 e. The maximum absolute atomic E-state index is 12.6. The van der Waals surface area contributed by atoms with E-state index in [4.69, 9.17) is 9.47 Å². The van der Waals surface area contributed by atoms with Gasteiger partial charge in [-0.1, -0.05) is 18.2 Å². The minimum atomic E-state index is -0.218. The van der Waals surface area contributed by atoms with Crippen LogP contribution >= 0.6 is 0 Å². The van der Waals surface area contributed by atoms with Crippen LogP contribution in [0, 0.1) is 6.92 Å². The Morgan fingerprint density at radius 1 is 1.07 bits per heavy atom. The fraction of sp³-hybridized carbons (Fsp3) is 0.619. The van der Waals surface area contributed by atoms with E-state index in [1.165, 1.54) is 0 Å². The van der Waals surface area contributed by atoms with E-state index in [1.807, 2.05) is 43.0 Å². The molecule has 2 fully saturated rings. The lowest BCUT2D eigenvalue weighted by Gasteiger charge is -2.27. The lowest BCUT2D eigenvalue weighted by molar-refractivity contribution is -0.133. The largest absolute Gasteiger partial charge is 0.484 e. The second-order valence-electron chi connectivity index (χ2n) is 7.41. The number of para-hydroxylation sites is 1. The molecule has 1 aromatic carbocycles. The number of carbonyl (C=O) groups excluding carboxylic acids is 2. The summed E-state index contributed by atoms with van der Waals surface area (Å²) in [4.78, 5) is 30.6. The molecule has 28 heavy (non-hydrogen) atoms. The Morgan fingerprint density at radius 3 is 2.68 bits per heavy atom. The number of hydrogen-bond acceptors (Lipinski definition) is 5. The van der Waals surface area contributed by atoms with Crippen LogP contribution < -0.4 is 4.74 Å². The maximum atomic E-state index is 12.6. The summed E-state index contributed by atoms with van der Waals surface area (Å²) in [5.74, 6) is 0.794. The van der Waals surface area contributed by atoms with Gasteiger partial charge in [0.1, 0.15) is 5.75 Å². The first-order valence-corrected chi connectivity index (χ1v) is 10.2. The molecule has 7 heteroatoms. The van der Waals surface area contributed by atoms with Crippen molar-refractivity contribution in [3.8, 4) is 5.75 Å². The Bertz CT molecular complexity index is 681. The van der Waals surface area contributed by atoms with Crippen LogP contribution in [0.5, 0.6) is 5.75 Å². The molecule has 0 spiro atoms. The molecule has 3 rings (SSSR count). The predicted molar refractivity (Wildman–Crippen MR) is 106 cm³/mol. The third-order valence-corrected chi connectivity index (χ3v) is 5.53. The number of likely N-dealkylation sites (tertiary alicyclic amines) is 1. The van der Waals surface area contributed by atoms with E-state index >= 15 is 0 Å². The standard InChI is InChI=1S/C21H31N3O4/c1-3-27-21(26)24-12-9-18(15-24)22-10-6-11-23(14-13-22)20(25)16-28-19-8-5-4-7-17(19)2/h4-5,7-8,18H,3,6,9-16H2,1-2H3. The number of carbonyl (C=O) groups is 2. The van der Waals surface area contributed by atoms with Crippen molar-refractivity contribution in [3.05, 3.63) is 29.8 Å². The average molecular weight is 389 g/mol. The molecule has 2 amide bonds. The number of rotatable bonds is 5. The van der Waals surface area contributed by atoms with Gasteiger partial charge in [-0.15, -0.1) is 0 Å². The van der Waals surface area contributed by atoms with Gasteiger partial charge in [-0.05, 0) is 38.3 Å². The van der Waals surface area contributed by atoms with Crippen LogP contribution in [0.25, 0.3) is 0 Å². The van der Waals surface area contributed by atoms with Gasteiger partial charge in [-0.25, -0.2) is 4.79 Å². The Labute approximate surface area is 167 Å². The normalized spacial score (nSPS) is 20.7. The van der Waals surface area contributed by atoms with E-state index in [0.717, 1.165) is 50.3 Å². The van der Waals surface area contributed by atoms with E-state index in [-0.39, 0.29) is 18.6 Å². The summed E-state index contributed by atoms with van der Waals surface area (Å²) in [7, 11) is 0. The minimum absolute atomic E-state index is 0.0321. The summed E-state index contributed by atoms with van der Waals surface area (Å²) in [6, 6.07) is 8.09. The molecule has 0 radical (unpaired) electrons. The quantitative estimate of drug-likeness (QED) is 0.772. The molecule has 154 valence electrons. The molecule has 0 saturated carbocycles. The summed E-state index contributed by atoms with van der Waals surface area (Å²) < 4.78 is 10.8. The van der Waals surface area contributed by atoms with Gasteiger partial charge in [0.25, 0.3) is 5.91 Å². The predicted octanol–water partition coefficient (Wildman–Crippen LogP) is 2.14. The van der Waals surface area contributed by atoms with Crippen LogP contribution in [0.1, 0.15) is 25.3 Å². The third kappa shape index (κ3) is 5.16. The fourth-order valence-corrected chi connectivity index (χ4v) is 3.92. The summed E-state index contributed by atoms with van der Waals surface area (Å²) in [5.41, 5.74) is 1.03. The lowest BCUT2D eigenvalue weighted by Crippen LogP contribution is -2.42. The van der Waals surface area contributed by atoms with Gasteiger partial charge in [0, 0.05) is 45.3 Å². The highest BCUT2D eigenvalue weighted by Gasteiger charge is 2.32. The summed E-state index contributed by atoms with van der Waals surface area (Å²) >= 11 is 0. The third-order valence-electron chi connectivity index (χ3n) is 5.53. The van der Waals surface area contributed by atoms with E-state index in [0.29, 0.717) is 25.7 Å². The molecule has 2 aliphatic heterocycles. The molecular weight excluding hydrogens is 358 g/mol. The zero-order valence-corrected chi connectivity index (χ0v) is 16.9. The Kier molecular flexibility index (Phi) is 7.14. The summed E-state index contributed by atoms with van der Waals surface area (Å²) in [5, 5.41) is 0. The molecular formula is C21H31N3O4. The van der Waals surface area contributed by atoms with Gasteiger partial charge in [-0.2, -0.15) is 0 Å². The summed E-state index contributed by atoms with van der Waals surface area (Å²) in [6.07, 6.45) is 1.68. The van der Waals surface area contributed by atoms with Crippen molar-refractivity contribution in [1.29, 1.82) is 0 Å². The molecule has 2 aliphatic rings. The van der Waals surface area contributed by atoms with Gasteiger partial charge in [0.05, 0.1) is 6.61 Å². The molecule has 7 nitrogen and oxygen atoms in total. The number of benzene rings is 1. The second-order valence-corrected chi connectivity index (χ2v) is 7.41. The highest BCUT2D eigenvalue weighted by molar-refractivity contribution is 5.77. The van der Waals surface area contributed by atoms with Crippen LogP contribution in [0.4, 0.5) is 4.79 Å². The molecule has 2 saturated heterocycles. The lowest BCUT2D eigenvalue weighted by atomic mass is 10.2. The topological polar surface area (TPSA) is 62.3 Å². The number of nitrogens with zero attached hydrogens (tertiary/aromatic N) is 3. The Balaban J connectivity index is 1.46. The van der Waals surface area contributed by atoms with Gasteiger partial charge >= 0.3 is 6.09 Å². The molecule has 0 bridgehead atoms. The second kappa shape index (κ2) is 9.78. The van der Waals surface area contributed by atoms with Crippen molar-refractivity contribution < 1.29 is 19.1 Å². The van der Waals surface area contributed by atoms with Crippen molar-refractivity contribution in [1.82, 2.24) is 14.7 Å². The van der Waals surface area contributed by atoms with Crippen LogP contribution in [0.15, 0.2) is 24.3 Å². The summed E-state index contributed by atoms with van der Waals surface area (Å²) in [6.45, 7) is 8.97. The first-order valence-electron chi connectivity index (χ1n) is 10.2. The first kappa shape index (κ1) is 20.5. The smallest absolute Gasteiger partial charge is 0.409 e. The van der Waals surface area contributed by atoms with Crippen LogP contribution in [0.2, 0.25) is 0 Å². The SMILES string of the molecule is CCOC(=O)N1CCC(N2CCCN(C(=O)COc3ccccc3C)CC2)C1. The number of aryl methyl sites for hydroxylation is 1. The van der Waals surface area contributed by atoms with Crippen molar-refractivity contribution in [2.24, 2.45) is 0 Å². The zero-order chi connectivity index (χ0) is 19.9. The number of hydrogen-bond donors (Lipinski definition) is 0. The number of amides is 2. The van der Waals surface area contributed by atoms with Crippen LogP contribution in [0.3, 0.4) is 0 Å². The van der Waals surface area contributed by atoms with Crippen molar-refractivity contribution >= 4 is 12.0 Å². The van der Waals surface area contributed by atoms with E-state index in [9.17, 15) is 9.59 Å². The molecule has 1 atom stereocenters. The zero-order valence-electron chi connectivity index (χ0n) is 16.9. The fourth-order valence-electron chi connectivity index (χ4n) is 3.92. The first-order chi connectivity index (χ1) is 13.6. The van der Waals surface area contributed by atoms with E-state index in [2.05, 4.69) is 4.90 Å². The van der Waals surface area contributed by atoms with Gasteiger partial charge in [-0.3, -0.25) is 9.69 Å². The van der Waals surface area contributed by atoms with Crippen LogP contribution in [-0.2, 0) is 9.53 Å². The Hall–Kier alpha value is -2.28. The number of ether oxygens (including phenoxy) is 2. The molecule has 0 N–H and O–H groups in total. The highest BCUT2D eigenvalue weighted by atomic mass is 16.6. The van der Waals surface area contributed by atoms with Gasteiger partial charge in [0.15, 0.2) is 6.61 Å². The van der Waals surface area contributed by atoms with Crippen molar-refractivity contribution in [3.63, 3.8) is 0 Å². The van der Waals surface area contributed by atoms with E-state index in [1.54, 1.807) is 4.90 Å². The van der Waals surface area contributed by atoms with Gasteiger partial charge < -0.3 is 19.3 Å². The molecule has 0 aliphatic carbocycles. The average Bonchev–Trinajstić information content (AvgIpc) is 3.06. The molecule has 1 aromatic rings. The molecule has 0 aromatic heterocycles. The van der Waals surface area contributed by atoms with Crippen molar-refractivity contribution in [2.45, 2.75) is 32.7 Å². The highest BCUT2D eigenvalue weighted by Crippen LogP contribution is 2.19. The van der Waals surface area contributed by atoms with Gasteiger partial charge in [0.2, 0.25) is 0 Å². The molecule has 2 heterocycles. The van der Waals surface area contributed by atoms with Crippen LogP contribution in [-0.4, -0.2) is 85.2 Å². The Morgan fingerprint density at radius 2 is 1.89 bits per heavy atom. The van der Waals surface area contributed by atoms with Crippen molar-refractivity contribution in [2.75, 3.05) is 52.5 Å². The van der Waals surface area contributed by atoms with E-state index < -0.39 is 0 Å².